The van der Waals surface area contributed by atoms with Crippen molar-refractivity contribution in [2.75, 3.05) is 25.0 Å². The number of aliphatic hydroxyl groups is 2. The van der Waals surface area contributed by atoms with Crippen molar-refractivity contribution in [3.05, 3.63) is 10.6 Å². The average molecular weight is 492 g/mol. The highest BCUT2D eigenvalue weighted by Crippen LogP contribution is 2.63. The number of hydrogen-bond donors (Lipinski definition) is 3. The molecule has 3 N–H and O–H groups in total. The molecule has 4 rings (SSSR count). The summed E-state index contributed by atoms with van der Waals surface area (Å²) < 4.78 is 0. The van der Waals surface area contributed by atoms with E-state index in [1.807, 2.05) is 32.6 Å². The molecule has 2 heterocycles. The molecule has 1 aromatic heterocycles. The lowest BCUT2D eigenvalue weighted by Crippen LogP contribution is -2.57. The minimum absolute atomic E-state index is 0.0204. The van der Waals surface area contributed by atoms with Crippen molar-refractivity contribution in [1.29, 1.82) is 0 Å². The summed E-state index contributed by atoms with van der Waals surface area (Å²) in [6.07, 6.45) is 5.16. The maximum absolute atomic E-state index is 13.4. The molecule has 34 heavy (non-hydrogen) atoms. The lowest BCUT2D eigenvalue weighted by Gasteiger charge is -2.58. The molecule has 5 unspecified atom stereocenters. The number of nitrogens with zero attached hydrogens (tertiary/aromatic N) is 2. The van der Waals surface area contributed by atoms with E-state index in [0.29, 0.717) is 24.4 Å². The summed E-state index contributed by atoms with van der Waals surface area (Å²) in [5.74, 6) is -0.000902. The van der Waals surface area contributed by atoms with Crippen molar-refractivity contribution in [3.63, 3.8) is 0 Å². The van der Waals surface area contributed by atoms with Crippen LogP contribution >= 0.6 is 11.3 Å². The summed E-state index contributed by atoms with van der Waals surface area (Å²) in [6.45, 7) is 11.4. The van der Waals surface area contributed by atoms with Gasteiger partial charge in [-0.05, 0) is 49.9 Å². The summed E-state index contributed by atoms with van der Waals surface area (Å²) in [7, 11) is 0. The fraction of sp³-hybridized carbons (Fsp3) is 0.808. The van der Waals surface area contributed by atoms with Crippen molar-refractivity contribution >= 4 is 28.3 Å². The molecular weight excluding hydrogens is 450 g/mol. The van der Waals surface area contributed by atoms with E-state index in [1.165, 1.54) is 17.8 Å². The van der Waals surface area contributed by atoms with Crippen LogP contribution in [0.25, 0.3) is 0 Å². The van der Waals surface area contributed by atoms with Crippen molar-refractivity contribution < 1.29 is 19.8 Å². The summed E-state index contributed by atoms with van der Waals surface area (Å²) in [5, 5.41) is 24.9. The number of nitrogens with one attached hydrogen (secondary N) is 1. The molecule has 1 aromatic rings. The predicted octanol–water partition coefficient (Wildman–Crippen LogP) is 3.95. The molecule has 5 atom stereocenters. The predicted molar refractivity (Wildman–Crippen MR) is 134 cm³/mol. The molecular formula is C26H41N3O4S. The van der Waals surface area contributed by atoms with Gasteiger partial charge in [-0.1, -0.05) is 34.6 Å². The smallest absolute Gasteiger partial charge is 0.231 e. The monoisotopic (exact) mass is 491 g/mol. The number of aromatic nitrogens is 1. The van der Waals surface area contributed by atoms with Crippen LogP contribution in [0.1, 0.15) is 89.6 Å². The van der Waals surface area contributed by atoms with Gasteiger partial charge in [0, 0.05) is 41.1 Å². The van der Waals surface area contributed by atoms with Crippen LogP contribution in [0.3, 0.4) is 0 Å². The first kappa shape index (κ1) is 25.6. The largest absolute Gasteiger partial charge is 0.396 e. The fourth-order valence-corrected chi connectivity index (χ4v) is 7.49. The summed E-state index contributed by atoms with van der Waals surface area (Å²) in [6, 6.07) is 0. The topological polar surface area (TPSA) is 103 Å². The lowest BCUT2D eigenvalue weighted by molar-refractivity contribution is -0.147. The van der Waals surface area contributed by atoms with E-state index in [4.69, 9.17) is 4.98 Å². The number of carbonyl (C=O) groups is 2. The SMILES string of the molecule is CC(C)(C)C(=O)Nc1nc2c(s1)CC1C(C)(CO)C(O)CCC1(C)C2CC(=O)N1CCCCC1. The molecule has 1 saturated heterocycles. The molecule has 8 heteroatoms. The Labute approximate surface area is 207 Å². The number of likely N-dealkylation sites (tertiary alicyclic amines) is 1. The number of thiazole rings is 1. The second-order valence-electron chi connectivity index (χ2n) is 12.2. The molecule has 0 radical (unpaired) electrons. The van der Waals surface area contributed by atoms with Gasteiger partial charge in [0.25, 0.3) is 0 Å². The van der Waals surface area contributed by atoms with E-state index in [2.05, 4.69) is 12.2 Å². The van der Waals surface area contributed by atoms with Gasteiger partial charge in [0.1, 0.15) is 0 Å². The van der Waals surface area contributed by atoms with Crippen LogP contribution in [0, 0.1) is 22.2 Å². The zero-order chi connectivity index (χ0) is 24.9. The van der Waals surface area contributed by atoms with E-state index < -0.39 is 16.9 Å². The van der Waals surface area contributed by atoms with Crippen molar-refractivity contribution in [1.82, 2.24) is 9.88 Å². The van der Waals surface area contributed by atoms with Crippen LogP contribution in [0.15, 0.2) is 0 Å². The second kappa shape index (κ2) is 9.17. The minimum atomic E-state index is -0.643. The van der Waals surface area contributed by atoms with Crippen molar-refractivity contribution in [3.8, 4) is 0 Å². The number of aliphatic hydroxyl groups excluding tert-OH is 2. The van der Waals surface area contributed by atoms with Gasteiger partial charge >= 0.3 is 0 Å². The van der Waals surface area contributed by atoms with Gasteiger partial charge in [0.15, 0.2) is 5.13 Å². The molecule has 0 spiro atoms. The van der Waals surface area contributed by atoms with Gasteiger partial charge in [-0.3, -0.25) is 9.59 Å². The van der Waals surface area contributed by atoms with Crippen LogP contribution in [0.5, 0.6) is 0 Å². The zero-order valence-corrected chi connectivity index (χ0v) is 22.1. The van der Waals surface area contributed by atoms with Gasteiger partial charge < -0.3 is 20.4 Å². The van der Waals surface area contributed by atoms with Gasteiger partial charge in [-0.25, -0.2) is 4.98 Å². The first-order valence-corrected chi connectivity index (χ1v) is 13.6. The molecule has 1 saturated carbocycles. The van der Waals surface area contributed by atoms with Crippen LogP contribution < -0.4 is 5.32 Å². The molecule has 0 bridgehead atoms. The van der Waals surface area contributed by atoms with Crippen LogP contribution in [-0.4, -0.2) is 57.7 Å². The number of amides is 2. The Kier molecular flexibility index (Phi) is 6.90. The van der Waals surface area contributed by atoms with E-state index in [0.717, 1.165) is 42.9 Å². The molecule has 190 valence electrons. The first-order valence-electron chi connectivity index (χ1n) is 12.8. The number of hydrogen-bond acceptors (Lipinski definition) is 6. The van der Waals surface area contributed by atoms with Gasteiger partial charge in [0.2, 0.25) is 11.8 Å². The Hall–Kier alpha value is -1.51. The van der Waals surface area contributed by atoms with Crippen LogP contribution in [0.4, 0.5) is 5.13 Å². The fourth-order valence-electron chi connectivity index (χ4n) is 6.43. The second-order valence-corrected chi connectivity index (χ2v) is 13.3. The first-order chi connectivity index (χ1) is 15.9. The highest BCUT2D eigenvalue weighted by molar-refractivity contribution is 7.15. The van der Waals surface area contributed by atoms with Gasteiger partial charge in [-0.15, -0.1) is 11.3 Å². The quantitative estimate of drug-likeness (QED) is 0.592. The third-order valence-corrected chi connectivity index (χ3v) is 9.89. The maximum Gasteiger partial charge on any atom is 0.231 e. The van der Waals surface area contributed by atoms with Crippen molar-refractivity contribution in [2.24, 2.45) is 22.2 Å². The van der Waals surface area contributed by atoms with Crippen molar-refractivity contribution in [2.45, 2.75) is 91.6 Å². The zero-order valence-electron chi connectivity index (χ0n) is 21.3. The summed E-state index contributed by atoms with van der Waals surface area (Å²) >= 11 is 1.48. The molecule has 2 aliphatic carbocycles. The lowest BCUT2D eigenvalue weighted by atomic mass is 9.47. The number of fused-ring (bicyclic) bond motifs is 2. The van der Waals surface area contributed by atoms with Gasteiger partial charge in [-0.2, -0.15) is 0 Å². The Morgan fingerprint density at radius 2 is 1.88 bits per heavy atom. The Balaban J connectivity index is 1.72. The van der Waals surface area contributed by atoms with Gasteiger partial charge in [0.05, 0.1) is 18.4 Å². The Bertz CT molecular complexity index is 935. The number of rotatable bonds is 4. The third kappa shape index (κ3) is 4.42. The standard InChI is InChI=1S/C26H41N3O4S/c1-24(2,3)22(33)28-23-27-21-16(13-20(32)29-11-7-6-8-12-29)25(4)10-9-19(31)26(5,15-30)18(25)14-17(21)34-23/h16,18-19,30-31H,6-15H2,1-5H3,(H,27,28,33). The molecule has 2 amide bonds. The summed E-state index contributed by atoms with van der Waals surface area (Å²) in [4.78, 5) is 34.0. The number of piperidine rings is 1. The highest BCUT2D eigenvalue weighted by atomic mass is 32.1. The molecule has 7 nitrogen and oxygen atoms in total. The number of carbonyl (C=O) groups excluding carboxylic acids is 2. The van der Waals surface area contributed by atoms with Crippen LogP contribution in [0.2, 0.25) is 0 Å². The Morgan fingerprint density at radius 3 is 2.50 bits per heavy atom. The highest BCUT2D eigenvalue weighted by Gasteiger charge is 2.59. The Morgan fingerprint density at radius 1 is 1.21 bits per heavy atom. The van der Waals surface area contributed by atoms with Crippen LogP contribution in [-0.2, 0) is 16.0 Å². The molecule has 1 aliphatic heterocycles. The number of anilines is 1. The molecule has 3 aliphatic rings. The van der Waals surface area contributed by atoms with E-state index in [1.54, 1.807) is 0 Å². The molecule has 2 fully saturated rings. The average Bonchev–Trinajstić information content (AvgIpc) is 3.19. The molecule has 0 aromatic carbocycles. The van der Waals surface area contributed by atoms with E-state index in [-0.39, 0.29) is 35.7 Å². The third-order valence-electron chi connectivity index (χ3n) is 8.88. The summed E-state index contributed by atoms with van der Waals surface area (Å²) in [5.41, 5.74) is -0.519. The maximum atomic E-state index is 13.4. The van der Waals surface area contributed by atoms with E-state index >= 15 is 0 Å². The normalized spacial score (nSPS) is 33.7. The minimum Gasteiger partial charge on any atom is -0.396 e. The van der Waals surface area contributed by atoms with E-state index in [9.17, 15) is 19.8 Å².